The summed E-state index contributed by atoms with van der Waals surface area (Å²) in [5.41, 5.74) is 1.84. The Hall–Kier alpha value is -0.400. The standard InChI is InChI=1S/C20H27ClNO5P.Na/c1-3-27-28(24,25)14-26-19-9-7-16(8-10-19)11-15(2)22-13-20(23)17-5-4-6-18(21)12-17;/h4-10,12,15,20,22-23H,3,11,13-14H2,1-2H3,(H,24,25);/q;+1/p-1. The van der Waals surface area contributed by atoms with E-state index in [-0.39, 0.29) is 42.2 Å². The minimum Gasteiger partial charge on any atom is -0.776 e. The molecule has 0 fully saturated rings. The number of hydrogen-bond acceptors (Lipinski definition) is 6. The molecule has 3 atom stereocenters. The van der Waals surface area contributed by atoms with E-state index in [9.17, 15) is 14.6 Å². The Labute approximate surface area is 199 Å². The van der Waals surface area contributed by atoms with Gasteiger partial charge in [-0.2, -0.15) is 0 Å². The molecule has 3 unspecified atom stereocenters. The van der Waals surface area contributed by atoms with Crippen molar-refractivity contribution in [2.45, 2.75) is 32.4 Å². The van der Waals surface area contributed by atoms with Gasteiger partial charge in [-0.1, -0.05) is 35.9 Å². The molecule has 0 aromatic heterocycles. The van der Waals surface area contributed by atoms with E-state index in [0.29, 0.717) is 17.3 Å². The van der Waals surface area contributed by atoms with Gasteiger partial charge in [-0.3, -0.25) is 0 Å². The topological polar surface area (TPSA) is 90.9 Å². The summed E-state index contributed by atoms with van der Waals surface area (Å²) in [7, 11) is -3.95. The fourth-order valence-electron chi connectivity index (χ4n) is 2.68. The van der Waals surface area contributed by atoms with E-state index >= 15 is 0 Å². The van der Waals surface area contributed by atoms with E-state index in [4.69, 9.17) is 16.3 Å². The minimum atomic E-state index is -3.95. The molecule has 0 aliphatic rings. The second kappa shape index (κ2) is 13.1. The van der Waals surface area contributed by atoms with Gasteiger partial charge >= 0.3 is 29.6 Å². The van der Waals surface area contributed by atoms with Crippen LogP contribution >= 0.6 is 19.2 Å². The van der Waals surface area contributed by atoms with Crippen molar-refractivity contribution in [3.05, 3.63) is 64.7 Å². The van der Waals surface area contributed by atoms with Gasteiger partial charge in [0.05, 0.1) is 12.7 Å². The Morgan fingerprint density at radius 1 is 1.24 bits per heavy atom. The van der Waals surface area contributed by atoms with Crippen LogP contribution in [-0.4, -0.2) is 30.6 Å². The van der Waals surface area contributed by atoms with Gasteiger partial charge in [0, 0.05) is 17.6 Å². The maximum absolute atomic E-state index is 11.5. The number of halogens is 1. The molecule has 0 spiro atoms. The number of hydrogen-bond donors (Lipinski definition) is 2. The monoisotopic (exact) mass is 449 g/mol. The summed E-state index contributed by atoms with van der Waals surface area (Å²) in [5, 5.41) is 14.2. The Balaban J connectivity index is 0.00000420. The summed E-state index contributed by atoms with van der Waals surface area (Å²) in [6.45, 7) is 4.16. The Kier molecular flexibility index (Phi) is 12.0. The Morgan fingerprint density at radius 3 is 2.55 bits per heavy atom. The smallest absolute Gasteiger partial charge is 0.776 e. The van der Waals surface area contributed by atoms with Crippen molar-refractivity contribution in [3.63, 3.8) is 0 Å². The number of benzene rings is 2. The van der Waals surface area contributed by atoms with E-state index in [0.717, 1.165) is 17.5 Å². The predicted molar refractivity (Wildman–Crippen MR) is 109 cm³/mol. The predicted octanol–water partition coefficient (Wildman–Crippen LogP) is 0.524. The first-order valence-electron chi connectivity index (χ1n) is 9.12. The normalized spacial score (nSPS) is 15.1. The van der Waals surface area contributed by atoms with Gasteiger partial charge in [-0.05, 0) is 55.7 Å². The Bertz CT molecular complexity index is 793. The third kappa shape index (κ3) is 9.97. The summed E-state index contributed by atoms with van der Waals surface area (Å²) in [6, 6.07) is 14.6. The average molecular weight is 450 g/mol. The van der Waals surface area contributed by atoms with Crippen LogP contribution in [0.15, 0.2) is 48.5 Å². The van der Waals surface area contributed by atoms with Crippen molar-refractivity contribution in [1.29, 1.82) is 0 Å². The molecular weight excluding hydrogens is 424 g/mol. The number of aliphatic hydroxyl groups is 1. The molecule has 29 heavy (non-hydrogen) atoms. The zero-order valence-electron chi connectivity index (χ0n) is 17.0. The van der Waals surface area contributed by atoms with Crippen LogP contribution in [0.25, 0.3) is 0 Å². The molecule has 0 saturated carbocycles. The van der Waals surface area contributed by atoms with Crippen LogP contribution < -0.4 is 44.5 Å². The molecular formula is C20H26ClNNaO5P. The summed E-state index contributed by atoms with van der Waals surface area (Å²) in [4.78, 5) is 11.5. The fourth-order valence-corrected chi connectivity index (χ4v) is 3.65. The van der Waals surface area contributed by atoms with Gasteiger partial charge in [0.15, 0.2) is 13.9 Å². The molecule has 2 N–H and O–H groups in total. The zero-order chi connectivity index (χ0) is 20.6. The van der Waals surface area contributed by atoms with Crippen molar-refractivity contribution in [1.82, 2.24) is 5.32 Å². The van der Waals surface area contributed by atoms with Crippen molar-refractivity contribution >= 4 is 19.2 Å². The third-order valence-corrected chi connectivity index (χ3v) is 5.41. The van der Waals surface area contributed by atoms with Gasteiger partial charge in [-0.25, -0.2) is 0 Å². The van der Waals surface area contributed by atoms with Gasteiger partial charge in [-0.15, -0.1) is 0 Å². The van der Waals surface area contributed by atoms with Gasteiger partial charge in [0.2, 0.25) is 0 Å². The van der Waals surface area contributed by atoms with E-state index in [2.05, 4.69) is 9.84 Å². The summed E-state index contributed by atoms with van der Waals surface area (Å²) < 4.78 is 21.4. The van der Waals surface area contributed by atoms with Crippen molar-refractivity contribution in [2.75, 3.05) is 19.5 Å². The van der Waals surface area contributed by atoms with Crippen molar-refractivity contribution in [3.8, 4) is 5.75 Å². The van der Waals surface area contributed by atoms with Crippen LogP contribution in [0.1, 0.15) is 31.1 Å². The average Bonchev–Trinajstić information content (AvgIpc) is 2.65. The number of ether oxygens (including phenoxy) is 1. The van der Waals surface area contributed by atoms with Crippen LogP contribution in [0.2, 0.25) is 5.02 Å². The molecule has 2 aromatic carbocycles. The van der Waals surface area contributed by atoms with Crippen molar-refractivity contribution in [2.24, 2.45) is 0 Å². The molecule has 154 valence electrons. The van der Waals surface area contributed by atoms with Crippen LogP contribution in [0.4, 0.5) is 0 Å². The molecule has 0 radical (unpaired) electrons. The number of rotatable bonds is 11. The van der Waals surface area contributed by atoms with Crippen LogP contribution in [-0.2, 0) is 15.5 Å². The van der Waals surface area contributed by atoms with E-state index in [1.165, 1.54) is 0 Å². The Morgan fingerprint density at radius 2 is 1.93 bits per heavy atom. The quantitative estimate of drug-likeness (QED) is 0.384. The first kappa shape index (κ1) is 26.6. The molecule has 0 bridgehead atoms. The first-order valence-corrected chi connectivity index (χ1v) is 11.2. The van der Waals surface area contributed by atoms with Crippen LogP contribution in [0.3, 0.4) is 0 Å². The maximum Gasteiger partial charge on any atom is 1.00 e. The van der Waals surface area contributed by atoms with Gasteiger partial charge in [0.25, 0.3) is 0 Å². The molecule has 0 aliphatic carbocycles. The molecule has 9 heteroatoms. The number of aliphatic hydroxyl groups excluding tert-OH is 1. The van der Waals surface area contributed by atoms with Crippen LogP contribution in [0, 0.1) is 0 Å². The molecule has 2 rings (SSSR count). The van der Waals surface area contributed by atoms with Crippen LogP contribution in [0.5, 0.6) is 5.75 Å². The van der Waals surface area contributed by atoms with E-state index in [1.54, 1.807) is 31.2 Å². The SMILES string of the molecule is CCOP(=O)([O-])COc1ccc(CC(C)NCC(O)c2cccc(Cl)c2)cc1.[Na+]. The fraction of sp³-hybridized carbons (Fsp3) is 0.400. The molecule has 0 saturated heterocycles. The summed E-state index contributed by atoms with van der Waals surface area (Å²) in [6.07, 6.45) is -0.369. The zero-order valence-corrected chi connectivity index (χ0v) is 20.7. The summed E-state index contributed by atoms with van der Waals surface area (Å²) >= 11 is 5.95. The summed E-state index contributed by atoms with van der Waals surface area (Å²) in [5.74, 6) is 0.469. The largest absolute Gasteiger partial charge is 1.00 e. The van der Waals surface area contributed by atoms with Gasteiger partial charge in [0.1, 0.15) is 5.75 Å². The maximum atomic E-state index is 11.5. The second-order valence-corrected chi connectivity index (χ2v) is 8.70. The molecule has 6 nitrogen and oxygen atoms in total. The molecule has 0 aliphatic heterocycles. The van der Waals surface area contributed by atoms with E-state index in [1.807, 2.05) is 31.2 Å². The molecule has 2 aromatic rings. The first-order chi connectivity index (χ1) is 13.3. The minimum absolute atomic E-state index is 0. The van der Waals surface area contributed by atoms with E-state index < -0.39 is 20.0 Å². The second-order valence-electron chi connectivity index (χ2n) is 6.53. The van der Waals surface area contributed by atoms with Gasteiger partial charge < -0.3 is 29.1 Å². The van der Waals surface area contributed by atoms with Crippen molar-refractivity contribution < 1.29 is 53.4 Å². The number of nitrogens with one attached hydrogen (secondary N) is 1. The molecule has 0 heterocycles. The third-order valence-electron chi connectivity index (χ3n) is 4.07. The molecule has 0 amide bonds.